The number of carbonyl (C=O) groups excluding carboxylic acids is 2. The average molecular weight is 389 g/mol. The number of rotatable bonds is 6. The van der Waals surface area contributed by atoms with Gasteiger partial charge in [0.2, 0.25) is 11.8 Å². The molecule has 142 valence electrons. The average Bonchev–Trinajstić information content (AvgIpc) is 3.18. The fourth-order valence-corrected chi connectivity index (χ4v) is 4.04. The van der Waals surface area contributed by atoms with Crippen molar-refractivity contribution in [1.29, 1.82) is 5.26 Å². The van der Waals surface area contributed by atoms with Gasteiger partial charge in [0.05, 0.1) is 28.5 Å². The maximum absolute atomic E-state index is 13.2. The number of nitrogens with zero attached hydrogens (tertiary/aromatic N) is 1. The topological polar surface area (TPSA) is 91.2 Å². The molecule has 0 unspecified atom stereocenters. The van der Waals surface area contributed by atoms with Crippen LogP contribution < -0.4 is 10.6 Å². The van der Waals surface area contributed by atoms with Crippen LogP contribution in [-0.4, -0.2) is 36.8 Å². The first-order valence-corrected chi connectivity index (χ1v) is 9.76. The van der Waals surface area contributed by atoms with Gasteiger partial charge in [-0.3, -0.25) is 9.59 Å². The molecule has 6 nitrogen and oxygen atoms in total. The van der Waals surface area contributed by atoms with E-state index in [0.717, 1.165) is 31.2 Å². The SMILES string of the molecule is N#CC1=C(SCC(=O)NC[C@H]2CCCO2)NC(=O)C[C@H]1c1ccc(F)cc1. The number of nitrogens with one attached hydrogen (secondary N) is 2. The van der Waals surface area contributed by atoms with E-state index >= 15 is 0 Å². The van der Waals surface area contributed by atoms with Crippen LogP contribution in [0.5, 0.6) is 0 Å². The minimum Gasteiger partial charge on any atom is -0.376 e. The summed E-state index contributed by atoms with van der Waals surface area (Å²) in [6.45, 7) is 1.19. The summed E-state index contributed by atoms with van der Waals surface area (Å²) in [7, 11) is 0. The monoisotopic (exact) mass is 389 g/mol. The van der Waals surface area contributed by atoms with Crippen LogP contribution in [0.15, 0.2) is 34.9 Å². The molecule has 2 amide bonds. The molecule has 0 bridgehead atoms. The second kappa shape index (κ2) is 9.02. The van der Waals surface area contributed by atoms with Crippen LogP contribution in [-0.2, 0) is 14.3 Å². The molecule has 2 aliphatic rings. The normalized spacial score (nSPS) is 22.3. The first kappa shape index (κ1) is 19.4. The highest BCUT2D eigenvalue weighted by atomic mass is 32.2. The van der Waals surface area contributed by atoms with Crippen molar-refractivity contribution >= 4 is 23.6 Å². The number of allylic oxidation sites excluding steroid dienone is 1. The van der Waals surface area contributed by atoms with E-state index in [2.05, 4.69) is 16.7 Å². The first-order chi connectivity index (χ1) is 13.1. The largest absolute Gasteiger partial charge is 0.376 e. The lowest BCUT2D eigenvalue weighted by Gasteiger charge is -2.25. The van der Waals surface area contributed by atoms with Crippen molar-refractivity contribution in [2.75, 3.05) is 18.9 Å². The molecule has 2 atom stereocenters. The zero-order chi connectivity index (χ0) is 19.2. The number of halogens is 1. The third kappa shape index (κ3) is 5.08. The number of thioether (sulfide) groups is 1. The van der Waals surface area contributed by atoms with E-state index in [1.165, 1.54) is 12.1 Å². The Morgan fingerprint density at radius 1 is 1.41 bits per heavy atom. The number of hydrogen-bond donors (Lipinski definition) is 2. The molecular formula is C19H20FN3O3S. The molecule has 1 aromatic rings. The molecule has 8 heteroatoms. The Kier molecular flexibility index (Phi) is 6.48. The molecule has 1 saturated heterocycles. The summed E-state index contributed by atoms with van der Waals surface area (Å²) in [5.74, 6) is -1.14. The fraction of sp³-hybridized carbons (Fsp3) is 0.421. The van der Waals surface area contributed by atoms with Gasteiger partial charge in [-0.25, -0.2) is 4.39 Å². The molecule has 3 rings (SSSR count). The van der Waals surface area contributed by atoms with Gasteiger partial charge in [0, 0.05) is 25.5 Å². The van der Waals surface area contributed by atoms with Crippen LogP contribution >= 0.6 is 11.8 Å². The number of nitriles is 1. The van der Waals surface area contributed by atoms with Crippen LogP contribution in [0.4, 0.5) is 4.39 Å². The van der Waals surface area contributed by atoms with Crippen LogP contribution in [0, 0.1) is 17.1 Å². The lowest BCUT2D eigenvalue weighted by molar-refractivity contribution is -0.121. The molecule has 0 spiro atoms. The Hall–Kier alpha value is -2.37. The third-order valence-electron chi connectivity index (χ3n) is 4.53. The number of carbonyl (C=O) groups is 2. The molecule has 1 fully saturated rings. The Morgan fingerprint density at radius 3 is 2.85 bits per heavy atom. The van der Waals surface area contributed by atoms with Gasteiger partial charge in [0.1, 0.15) is 5.82 Å². The summed E-state index contributed by atoms with van der Waals surface area (Å²) in [6.07, 6.45) is 2.12. The van der Waals surface area contributed by atoms with Crippen LogP contribution in [0.2, 0.25) is 0 Å². The molecule has 27 heavy (non-hydrogen) atoms. The quantitative estimate of drug-likeness (QED) is 0.778. The van der Waals surface area contributed by atoms with E-state index in [-0.39, 0.29) is 35.9 Å². The summed E-state index contributed by atoms with van der Waals surface area (Å²) in [5, 5.41) is 15.5. The smallest absolute Gasteiger partial charge is 0.230 e. The van der Waals surface area contributed by atoms with Crippen molar-refractivity contribution in [2.24, 2.45) is 0 Å². The predicted octanol–water partition coefficient (Wildman–Crippen LogP) is 2.19. The fourth-order valence-electron chi connectivity index (χ4n) is 3.13. The maximum Gasteiger partial charge on any atom is 0.230 e. The summed E-state index contributed by atoms with van der Waals surface area (Å²) in [5.41, 5.74) is 1.09. The lowest BCUT2D eigenvalue weighted by atomic mass is 9.87. The van der Waals surface area contributed by atoms with Crippen LogP contribution in [0.3, 0.4) is 0 Å². The number of hydrogen-bond acceptors (Lipinski definition) is 5. The molecule has 2 heterocycles. The second-order valence-electron chi connectivity index (χ2n) is 6.44. The zero-order valence-electron chi connectivity index (χ0n) is 14.7. The van der Waals surface area contributed by atoms with Gasteiger partial charge in [-0.05, 0) is 30.5 Å². The van der Waals surface area contributed by atoms with Gasteiger partial charge in [0.15, 0.2) is 0 Å². The minimum absolute atomic E-state index is 0.0603. The van der Waals surface area contributed by atoms with Gasteiger partial charge < -0.3 is 15.4 Å². The number of ether oxygens (including phenoxy) is 1. The molecule has 2 aliphatic heterocycles. The minimum atomic E-state index is -0.443. The van der Waals surface area contributed by atoms with Gasteiger partial charge in [-0.15, -0.1) is 0 Å². The van der Waals surface area contributed by atoms with Crippen molar-refractivity contribution in [3.8, 4) is 6.07 Å². The van der Waals surface area contributed by atoms with E-state index in [0.29, 0.717) is 22.7 Å². The highest BCUT2D eigenvalue weighted by Crippen LogP contribution is 2.35. The summed E-state index contributed by atoms with van der Waals surface area (Å²) in [6, 6.07) is 7.90. The Balaban J connectivity index is 1.65. The van der Waals surface area contributed by atoms with E-state index < -0.39 is 5.92 Å². The van der Waals surface area contributed by atoms with Crippen molar-refractivity contribution < 1.29 is 18.7 Å². The Morgan fingerprint density at radius 2 is 2.19 bits per heavy atom. The lowest BCUT2D eigenvalue weighted by Crippen LogP contribution is -2.34. The van der Waals surface area contributed by atoms with Crippen molar-refractivity contribution in [3.63, 3.8) is 0 Å². The molecule has 0 radical (unpaired) electrons. The molecule has 0 saturated carbocycles. The van der Waals surface area contributed by atoms with Crippen molar-refractivity contribution in [3.05, 3.63) is 46.2 Å². The van der Waals surface area contributed by atoms with Crippen LogP contribution in [0.25, 0.3) is 0 Å². The van der Waals surface area contributed by atoms with Crippen LogP contribution in [0.1, 0.15) is 30.7 Å². The molecule has 0 aliphatic carbocycles. The third-order valence-corrected chi connectivity index (χ3v) is 5.54. The summed E-state index contributed by atoms with van der Waals surface area (Å²) in [4.78, 5) is 24.1. The molecule has 1 aromatic carbocycles. The first-order valence-electron chi connectivity index (χ1n) is 8.77. The zero-order valence-corrected chi connectivity index (χ0v) is 15.5. The Labute approximate surface area is 161 Å². The van der Waals surface area contributed by atoms with Gasteiger partial charge in [0.25, 0.3) is 0 Å². The maximum atomic E-state index is 13.2. The Bertz CT molecular complexity index is 782. The summed E-state index contributed by atoms with van der Waals surface area (Å²) >= 11 is 1.12. The molecule has 0 aromatic heterocycles. The van der Waals surface area contributed by atoms with Gasteiger partial charge in [-0.1, -0.05) is 23.9 Å². The molecule has 2 N–H and O–H groups in total. The standard InChI is InChI=1S/C19H20FN3O3S/c20-13-5-3-12(4-6-13)15-8-17(24)23-19(16(15)9-21)27-11-18(25)22-10-14-2-1-7-26-14/h3-6,14-15H,1-2,7-8,10-11H2,(H,22,25)(H,23,24)/t14-,15+/m1/s1. The van der Waals surface area contributed by atoms with E-state index in [9.17, 15) is 19.2 Å². The molecular weight excluding hydrogens is 369 g/mol. The van der Waals surface area contributed by atoms with Gasteiger partial charge in [-0.2, -0.15) is 5.26 Å². The summed E-state index contributed by atoms with van der Waals surface area (Å²) < 4.78 is 18.6. The predicted molar refractivity (Wildman–Crippen MR) is 99.0 cm³/mol. The number of amides is 2. The number of benzene rings is 1. The van der Waals surface area contributed by atoms with E-state index in [1.807, 2.05) is 0 Å². The van der Waals surface area contributed by atoms with Crippen molar-refractivity contribution in [2.45, 2.75) is 31.3 Å². The second-order valence-corrected chi connectivity index (χ2v) is 7.42. The highest BCUT2D eigenvalue weighted by Gasteiger charge is 2.30. The van der Waals surface area contributed by atoms with Gasteiger partial charge >= 0.3 is 0 Å². The van der Waals surface area contributed by atoms with E-state index in [4.69, 9.17) is 4.74 Å². The van der Waals surface area contributed by atoms with E-state index in [1.54, 1.807) is 12.1 Å². The highest BCUT2D eigenvalue weighted by molar-refractivity contribution is 8.03. The van der Waals surface area contributed by atoms with Crippen molar-refractivity contribution in [1.82, 2.24) is 10.6 Å².